The molecule has 1 saturated heterocycles. The van der Waals surface area contributed by atoms with Gasteiger partial charge in [0.2, 0.25) is 0 Å². The Morgan fingerprint density at radius 3 is 1.92 bits per heavy atom. The van der Waals surface area contributed by atoms with E-state index in [1.54, 1.807) is 0 Å². The summed E-state index contributed by atoms with van der Waals surface area (Å²) in [6, 6.07) is 13.8. The molecule has 2 aromatic carbocycles. The largest absolute Gasteiger partial charge is 0.316 e. The summed E-state index contributed by atoms with van der Waals surface area (Å²) in [6.45, 7) is 2.91. The van der Waals surface area contributed by atoms with Crippen molar-refractivity contribution in [1.82, 2.24) is 10.2 Å². The molecule has 2 aromatic rings. The summed E-state index contributed by atoms with van der Waals surface area (Å²) in [5.74, 6) is -0.349. The summed E-state index contributed by atoms with van der Waals surface area (Å²) in [4.78, 5) is 2.42. The lowest BCUT2D eigenvalue weighted by Crippen LogP contribution is -2.32. The number of likely N-dealkylation sites (N-methyl/N-ethyl adjacent to an activating group) is 1. The van der Waals surface area contributed by atoms with Crippen molar-refractivity contribution in [3.63, 3.8) is 0 Å². The van der Waals surface area contributed by atoms with Crippen molar-refractivity contribution in [2.75, 3.05) is 26.7 Å². The van der Waals surface area contributed by atoms with Crippen LogP contribution in [0.5, 0.6) is 0 Å². The average molecular weight is 353 g/mol. The molecule has 1 aliphatic rings. The molecular formula is C19H23ClF2N2. The molecule has 2 nitrogen and oxygen atoms in total. The van der Waals surface area contributed by atoms with Crippen molar-refractivity contribution in [2.24, 2.45) is 0 Å². The number of nitrogens with zero attached hydrogens (tertiary/aromatic N) is 1. The second kappa shape index (κ2) is 8.56. The molecule has 5 heteroatoms. The molecule has 1 heterocycles. The molecule has 0 bridgehead atoms. The van der Waals surface area contributed by atoms with E-state index in [1.165, 1.54) is 24.3 Å². The zero-order valence-corrected chi connectivity index (χ0v) is 14.5. The number of halogens is 3. The van der Waals surface area contributed by atoms with Crippen LogP contribution in [-0.2, 0) is 0 Å². The fraction of sp³-hybridized carbons (Fsp3) is 0.368. The van der Waals surface area contributed by atoms with Gasteiger partial charge in [0.1, 0.15) is 11.6 Å². The van der Waals surface area contributed by atoms with E-state index >= 15 is 0 Å². The summed E-state index contributed by atoms with van der Waals surface area (Å²) in [7, 11) is 1.99. The Kier molecular flexibility index (Phi) is 6.72. The SMILES string of the molecule is CNC1CCN(CC(c2ccc(F)cc2)c2ccc(F)cc2)C1.Cl. The molecule has 1 fully saturated rings. The van der Waals surface area contributed by atoms with Gasteiger partial charge >= 0.3 is 0 Å². The number of hydrogen-bond donors (Lipinski definition) is 1. The van der Waals surface area contributed by atoms with Crippen molar-refractivity contribution in [3.05, 3.63) is 71.3 Å². The quantitative estimate of drug-likeness (QED) is 0.880. The number of rotatable bonds is 5. The lowest BCUT2D eigenvalue weighted by Gasteiger charge is -2.25. The van der Waals surface area contributed by atoms with E-state index in [0.29, 0.717) is 6.04 Å². The average Bonchev–Trinajstić information content (AvgIpc) is 3.02. The van der Waals surface area contributed by atoms with Crippen LogP contribution in [0.3, 0.4) is 0 Å². The molecule has 0 amide bonds. The molecule has 0 radical (unpaired) electrons. The minimum Gasteiger partial charge on any atom is -0.316 e. The highest BCUT2D eigenvalue weighted by Gasteiger charge is 2.25. The highest BCUT2D eigenvalue weighted by Crippen LogP contribution is 2.27. The van der Waals surface area contributed by atoms with Gasteiger partial charge in [-0.15, -0.1) is 12.4 Å². The van der Waals surface area contributed by atoms with Crippen molar-refractivity contribution < 1.29 is 8.78 Å². The lowest BCUT2D eigenvalue weighted by atomic mass is 9.90. The van der Waals surface area contributed by atoms with Crippen LogP contribution in [0.2, 0.25) is 0 Å². The van der Waals surface area contributed by atoms with Gasteiger partial charge in [0.05, 0.1) is 0 Å². The van der Waals surface area contributed by atoms with Gasteiger partial charge in [-0.05, 0) is 55.4 Å². The summed E-state index contributed by atoms with van der Waals surface area (Å²) in [5, 5.41) is 3.32. The van der Waals surface area contributed by atoms with Crippen LogP contribution in [0, 0.1) is 11.6 Å². The maximum absolute atomic E-state index is 13.2. The predicted octanol–water partition coefficient (Wildman–Crippen LogP) is 3.81. The molecule has 1 N–H and O–H groups in total. The monoisotopic (exact) mass is 352 g/mol. The number of nitrogens with one attached hydrogen (secondary N) is 1. The maximum atomic E-state index is 13.2. The fourth-order valence-corrected chi connectivity index (χ4v) is 3.29. The number of benzene rings is 2. The summed E-state index contributed by atoms with van der Waals surface area (Å²) in [5.41, 5.74) is 2.12. The second-order valence-corrected chi connectivity index (χ2v) is 6.19. The van der Waals surface area contributed by atoms with E-state index in [4.69, 9.17) is 0 Å². The third kappa shape index (κ3) is 4.53. The van der Waals surface area contributed by atoms with Gasteiger partial charge in [-0.2, -0.15) is 0 Å². The van der Waals surface area contributed by atoms with Crippen LogP contribution >= 0.6 is 12.4 Å². The van der Waals surface area contributed by atoms with Crippen LogP contribution in [-0.4, -0.2) is 37.6 Å². The van der Waals surface area contributed by atoms with Crippen LogP contribution in [0.25, 0.3) is 0 Å². The van der Waals surface area contributed by atoms with E-state index in [1.807, 2.05) is 31.3 Å². The zero-order valence-electron chi connectivity index (χ0n) is 13.7. The minimum absolute atomic E-state index is 0. The second-order valence-electron chi connectivity index (χ2n) is 6.19. The van der Waals surface area contributed by atoms with E-state index in [0.717, 1.165) is 37.2 Å². The first kappa shape index (κ1) is 18.8. The Morgan fingerprint density at radius 1 is 1.00 bits per heavy atom. The topological polar surface area (TPSA) is 15.3 Å². The van der Waals surface area contributed by atoms with Crippen LogP contribution in [0.4, 0.5) is 8.78 Å². The van der Waals surface area contributed by atoms with Gasteiger partial charge in [0, 0.05) is 25.0 Å². The van der Waals surface area contributed by atoms with E-state index < -0.39 is 0 Å². The maximum Gasteiger partial charge on any atom is 0.123 e. The lowest BCUT2D eigenvalue weighted by molar-refractivity contribution is 0.319. The molecule has 130 valence electrons. The smallest absolute Gasteiger partial charge is 0.123 e. The highest BCUT2D eigenvalue weighted by molar-refractivity contribution is 5.85. The molecule has 1 aliphatic heterocycles. The zero-order chi connectivity index (χ0) is 16.2. The Bertz CT molecular complexity index is 585. The first-order chi connectivity index (χ1) is 11.2. The van der Waals surface area contributed by atoms with Crippen molar-refractivity contribution in [3.8, 4) is 0 Å². The van der Waals surface area contributed by atoms with Crippen molar-refractivity contribution in [2.45, 2.75) is 18.4 Å². The third-order valence-corrected chi connectivity index (χ3v) is 4.67. The van der Waals surface area contributed by atoms with Gasteiger partial charge in [-0.25, -0.2) is 8.78 Å². The molecule has 0 saturated carbocycles. The molecular weight excluding hydrogens is 330 g/mol. The van der Waals surface area contributed by atoms with E-state index in [9.17, 15) is 8.78 Å². The van der Waals surface area contributed by atoms with E-state index in [2.05, 4.69) is 10.2 Å². The minimum atomic E-state index is -0.233. The van der Waals surface area contributed by atoms with Crippen molar-refractivity contribution in [1.29, 1.82) is 0 Å². The number of likely N-dealkylation sites (tertiary alicyclic amines) is 1. The standard InChI is InChI=1S/C19H22F2N2.ClH/c1-22-18-10-11-23(12-18)13-19(14-2-6-16(20)7-3-14)15-4-8-17(21)9-5-15;/h2-9,18-19,22H,10-13H2,1H3;1H. The van der Waals surface area contributed by atoms with Gasteiger partial charge in [0.15, 0.2) is 0 Å². The van der Waals surface area contributed by atoms with Gasteiger partial charge < -0.3 is 10.2 Å². The first-order valence-corrected chi connectivity index (χ1v) is 8.06. The molecule has 1 atom stereocenters. The molecule has 0 spiro atoms. The Labute approximate surface area is 148 Å². The van der Waals surface area contributed by atoms with Crippen LogP contribution < -0.4 is 5.32 Å². The molecule has 3 rings (SSSR count). The van der Waals surface area contributed by atoms with E-state index in [-0.39, 0.29) is 30.0 Å². The predicted molar refractivity (Wildman–Crippen MR) is 95.8 cm³/mol. The Hall–Kier alpha value is -1.49. The highest BCUT2D eigenvalue weighted by atomic mass is 35.5. The van der Waals surface area contributed by atoms with Crippen molar-refractivity contribution >= 4 is 12.4 Å². The Balaban J connectivity index is 0.00000208. The molecule has 1 unspecified atom stereocenters. The normalized spacial score (nSPS) is 17.9. The summed E-state index contributed by atoms with van der Waals surface area (Å²) in [6.07, 6.45) is 1.13. The fourth-order valence-electron chi connectivity index (χ4n) is 3.29. The Morgan fingerprint density at radius 2 is 1.50 bits per heavy atom. The molecule has 24 heavy (non-hydrogen) atoms. The molecule has 0 aromatic heterocycles. The number of hydrogen-bond acceptors (Lipinski definition) is 2. The molecule has 0 aliphatic carbocycles. The van der Waals surface area contributed by atoms with Gasteiger partial charge in [-0.1, -0.05) is 24.3 Å². The van der Waals surface area contributed by atoms with Gasteiger partial charge in [-0.3, -0.25) is 0 Å². The van der Waals surface area contributed by atoms with Crippen LogP contribution in [0.15, 0.2) is 48.5 Å². The third-order valence-electron chi connectivity index (χ3n) is 4.67. The summed E-state index contributed by atoms with van der Waals surface area (Å²) < 4.78 is 26.5. The first-order valence-electron chi connectivity index (χ1n) is 8.06. The van der Waals surface area contributed by atoms with Gasteiger partial charge in [0.25, 0.3) is 0 Å². The summed E-state index contributed by atoms with van der Waals surface area (Å²) >= 11 is 0. The van der Waals surface area contributed by atoms with Crippen LogP contribution in [0.1, 0.15) is 23.5 Å².